The van der Waals surface area contributed by atoms with Gasteiger partial charge in [0.05, 0.1) is 13.2 Å². The van der Waals surface area contributed by atoms with E-state index in [1.54, 1.807) is 6.92 Å². The molecule has 120 valence electrons. The summed E-state index contributed by atoms with van der Waals surface area (Å²) in [4.78, 5) is 25.2. The van der Waals surface area contributed by atoms with Crippen LogP contribution in [0.3, 0.4) is 0 Å². The molecule has 0 radical (unpaired) electrons. The monoisotopic (exact) mass is 312 g/mol. The third-order valence-corrected chi connectivity index (χ3v) is 3.65. The van der Waals surface area contributed by atoms with Crippen LogP contribution in [0.15, 0.2) is 18.2 Å². The van der Waals surface area contributed by atoms with E-state index in [4.69, 9.17) is 4.74 Å². The van der Waals surface area contributed by atoms with Gasteiger partial charge in [0.25, 0.3) is 5.91 Å². The Kier molecular flexibility index (Phi) is 4.75. The van der Waals surface area contributed by atoms with Crippen molar-refractivity contribution in [3.05, 3.63) is 35.4 Å². The first-order chi connectivity index (χ1) is 10.3. The van der Waals surface area contributed by atoms with Crippen molar-refractivity contribution in [3.63, 3.8) is 0 Å². The molecule has 1 saturated heterocycles. The number of rotatable bonds is 3. The fraction of sp³-hybridized carbons (Fsp3) is 0.467. The van der Waals surface area contributed by atoms with E-state index in [-0.39, 0.29) is 31.2 Å². The first kappa shape index (κ1) is 16.4. The van der Waals surface area contributed by atoms with E-state index < -0.39 is 23.1 Å². The van der Waals surface area contributed by atoms with E-state index in [1.807, 2.05) is 0 Å². The molecule has 1 N–H and O–H groups in total. The van der Waals surface area contributed by atoms with E-state index in [0.717, 1.165) is 12.1 Å². The van der Waals surface area contributed by atoms with E-state index in [9.17, 15) is 18.4 Å². The smallest absolute Gasteiger partial charge is 0.254 e. The van der Waals surface area contributed by atoms with E-state index in [0.29, 0.717) is 6.54 Å². The molecule has 1 heterocycles. The lowest BCUT2D eigenvalue weighted by Gasteiger charge is -2.38. The lowest BCUT2D eigenvalue weighted by atomic mass is 10.0. The number of hydrogen-bond donors (Lipinski definition) is 1. The third kappa shape index (κ3) is 3.59. The second-order valence-electron chi connectivity index (χ2n) is 5.44. The molecule has 0 saturated carbocycles. The summed E-state index contributed by atoms with van der Waals surface area (Å²) in [7, 11) is 0. The normalized spacial score (nSPS) is 21.5. The maximum absolute atomic E-state index is 13.5. The number of amides is 2. The molecule has 2 amide bonds. The molecule has 1 aliphatic heterocycles. The van der Waals surface area contributed by atoms with Gasteiger partial charge in [-0.25, -0.2) is 8.78 Å². The van der Waals surface area contributed by atoms with Crippen LogP contribution >= 0.6 is 0 Å². The summed E-state index contributed by atoms with van der Waals surface area (Å²) >= 11 is 0. The molecule has 0 bridgehead atoms. The number of carbonyl (C=O) groups is 2. The Balaban J connectivity index is 2.00. The molecule has 5 nitrogen and oxygen atoms in total. The molecule has 0 aliphatic carbocycles. The number of hydrogen-bond acceptors (Lipinski definition) is 3. The number of nitrogens with one attached hydrogen (secondary N) is 1. The quantitative estimate of drug-likeness (QED) is 0.913. The topological polar surface area (TPSA) is 58.6 Å². The maximum atomic E-state index is 13.5. The third-order valence-electron chi connectivity index (χ3n) is 3.65. The average molecular weight is 312 g/mol. The molecule has 0 unspecified atom stereocenters. The van der Waals surface area contributed by atoms with Crippen molar-refractivity contribution in [2.45, 2.75) is 26.0 Å². The van der Waals surface area contributed by atoms with Crippen LogP contribution in [0.2, 0.25) is 0 Å². The van der Waals surface area contributed by atoms with E-state index in [2.05, 4.69) is 5.32 Å². The number of benzene rings is 1. The number of halogens is 2. The Labute approximate surface area is 127 Å². The number of carbonyl (C=O) groups excluding carboxylic acids is 2. The highest BCUT2D eigenvalue weighted by atomic mass is 19.1. The Hall–Kier alpha value is -2.02. The summed E-state index contributed by atoms with van der Waals surface area (Å²) in [6.45, 7) is 3.76. The zero-order chi connectivity index (χ0) is 16.3. The molecule has 1 fully saturated rings. The zero-order valence-corrected chi connectivity index (χ0v) is 12.5. The van der Waals surface area contributed by atoms with Crippen molar-refractivity contribution in [1.82, 2.24) is 10.2 Å². The van der Waals surface area contributed by atoms with Crippen LogP contribution in [0.5, 0.6) is 0 Å². The van der Waals surface area contributed by atoms with Crippen LogP contribution < -0.4 is 5.32 Å². The van der Waals surface area contributed by atoms with Crippen molar-refractivity contribution in [1.29, 1.82) is 0 Å². The molecule has 22 heavy (non-hydrogen) atoms. The van der Waals surface area contributed by atoms with Crippen LogP contribution in [-0.2, 0) is 20.9 Å². The van der Waals surface area contributed by atoms with Gasteiger partial charge in [-0.1, -0.05) is 6.07 Å². The Bertz CT molecular complexity index is 594. The lowest BCUT2D eigenvalue weighted by Crippen LogP contribution is -2.58. The Morgan fingerprint density at radius 1 is 1.41 bits per heavy atom. The SMILES string of the molecule is CC(=O)N1CCO[C@](C)(C(=O)NCc2ccc(F)cc2F)C1. The van der Waals surface area contributed by atoms with Crippen LogP contribution in [0.1, 0.15) is 19.4 Å². The molecule has 2 rings (SSSR count). The van der Waals surface area contributed by atoms with E-state index >= 15 is 0 Å². The van der Waals surface area contributed by atoms with Gasteiger partial charge < -0.3 is 15.0 Å². The van der Waals surface area contributed by atoms with Gasteiger partial charge in [-0.2, -0.15) is 0 Å². The highest BCUT2D eigenvalue weighted by molar-refractivity contribution is 5.86. The van der Waals surface area contributed by atoms with Gasteiger partial charge in [0, 0.05) is 31.6 Å². The Morgan fingerprint density at radius 3 is 2.77 bits per heavy atom. The first-order valence-corrected chi connectivity index (χ1v) is 6.93. The lowest BCUT2D eigenvalue weighted by molar-refractivity contribution is -0.162. The molecule has 1 aromatic carbocycles. The van der Waals surface area contributed by atoms with Crippen molar-refractivity contribution < 1.29 is 23.1 Å². The van der Waals surface area contributed by atoms with Gasteiger partial charge in [-0.15, -0.1) is 0 Å². The fourth-order valence-electron chi connectivity index (χ4n) is 2.30. The number of ether oxygens (including phenoxy) is 1. The largest absolute Gasteiger partial charge is 0.362 e. The van der Waals surface area contributed by atoms with Crippen LogP contribution in [-0.4, -0.2) is 42.0 Å². The van der Waals surface area contributed by atoms with Gasteiger partial charge in [0.2, 0.25) is 5.91 Å². The van der Waals surface area contributed by atoms with Gasteiger partial charge in [0.1, 0.15) is 11.6 Å². The summed E-state index contributed by atoms with van der Waals surface area (Å²) in [5, 5.41) is 2.56. The fourth-order valence-corrected chi connectivity index (χ4v) is 2.30. The molecule has 0 aromatic heterocycles. The minimum absolute atomic E-state index is 0.0794. The first-order valence-electron chi connectivity index (χ1n) is 6.93. The molecule has 1 aromatic rings. The minimum Gasteiger partial charge on any atom is -0.362 e. The molecule has 1 aliphatic rings. The van der Waals surface area contributed by atoms with Crippen LogP contribution in [0.4, 0.5) is 8.78 Å². The second kappa shape index (κ2) is 6.39. The molecule has 1 atom stereocenters. The van der Waals surface area contributed by atoms with Crippen molar-refractivity contribution in [3.8, 4) is 0 Å². The molecule has 0 spiro atoms. The predicted molar refractivity (Wildman–Crippen MR) is 74.8 cm³/mol. The van der Waals surface area contributed by atoms with Gasteiger partial charge >= 0.3 is 0 Å². The summed E-state index contributed by atoms with van der Waals surface area (Å²) in [6, 6.07) is 3.16. The van der Waals surface area contributed by atoms with Crippen molar-refractivity contribution >= 4 is 11.8 Å². The van der Waals surface area contributed by atoms with Crippen LogP contribution in [0.25, 0.3) is 0 Å². The summed E-state index contributed by atoms with van der Waals surface area (Å²) in [6.07, 6.45) is 0. The van der Waals surface area contributed by atoms with Gasteiger partial charge in [-0.3, -0.25) is 9.59 Å². The van der Waals surface area contributed by atoms with Crippen molar-refractivity contribution in [2.24, 2.45) is 0 Å². The van der Waals surface area contributed by atoms with Crippen molar-refractivity contribution in [2.75, 3.05) is 19.7 Å². The summed E-state index contributed by atoms with van der Waals surface area (Å²) < 4.78 is 31.8. The highest BCUT2D eigenvalue weighted by Gasteiger charge is 2.39. The second-order valence-corrected chi connectivity index (χ2v) is 5.44. The minimum atomic E-state index is -1.18. The summed E-state index contributed by atoms with van der Waals surface area (Å²) in [5.74, 6) is -1.97. The zero-order valence-electron chi connectivity index (χ0n) is 12.5. The van der Waals surface area contributed by atoms with Crippen LogP contribution in [0, 0.1) is 11.6 Å². The number of nitrogens with zero attached hydrogens (tertiary/aromatic N) is 1. The average Bonchev–Trinajstić information content (AvgIpc) is 2.46. The predicted octanol–water partition coefficient (Wildman–Crippen LogP) is 1.22. The van der Waals surface area contributed by atoms with E-state index in [1.165, 1.54) is 17.9 Å². The highest BCUT2D eigenvalue weighted by Crippen LogP contribution is 2.18. The van der Waals surface area contributed by atoms with Gasteiger partial charge in [-0.05, 0) is 13.0 Å². The maximum Gasteiger partial charge on any atom is 0.254 e. The standard InChI is InChI=1S/C15H18F2N2O3/c1-10(20)19-5-6-22-15(2,9-19)14(21)18-8-11-3-4-12(16)7-13(11)17/h3-4,7H,5-6,8-9H2,1-2H3,(H,18,21)/t15-/m0/s1. The number of morpholine rings is 1. The van der Waals surface area contributed by atoms with Gasteiger partial charge in [0.15, 0.2) is 5.60 Å². The Morgan fingerprint density at radius 2 is 2.14 bits per heavy atom. The molecular weight excluding hydrogens is 294 g/mol. The molecule has 7 heteroatoms. The molecular formula is C15H18F2N2O3. The summed E-state index contributed by atoms with van der Waals surface area (Å²) in [5.41, 5.74) is -1.00.